The molecule has 0 aliphatic heterocycles. The van der Waals surface area contributed by atoms with Crippen molar-refractivity contribution in [2.75, 3.05) is 0 Å². The Kier molecular flexibility index (Phi) is 6.44. The smallest absolute Gasteiger partial charge is 0.141 e. The van der Waals surface area contributed by atoms with E-state index >= 15 is 0 Å². The van der Waals surface area contributed by atoms with Crippen LogP contribution >= 0.6 is 0 Å². The lowest BCUT2D eigenvalue weighted by atomic mass is 9.67. The molecule has 0 fully saturated rings. The maximum atomic E-state index is 9.40. The Hall–Kier alpha value is -6.04. The maximum absolute atomic E-state index is 9.40. The first-order chi connectivity index (χ1) is 22.3. The van der Waals surface area contributed by atoms with Crippen LogP contribution in [0, 0.1) is 11.3 Å². The van der Waals surface area contributed by atoms with Crippen molar-refractivity contribution < 1.29 is 0 Å². The highest BCUT2D eigenvalue weighted by molar-refractivity contribution is 5.91. The summed E-state index contributed by atoms with van der Waals surface area (Å²) in [5.74, 6) is 0. The molecule has 45 heavy (non-hydrogen) atoms. The molecule has 210 valence electrons. The molecule has 2 heteroatoms. The standard InChI is InChI=1S/C43H28N2/c44-29-38-26-35(23-24-45-38)32-14-10-13-31(25-32)34-20-22-42-40(28-34)39-27-33(30-11-4-1-5-12-30)19-21-41(39)43(42,36-15-6-2-7-16-36)37-17-8-3-9-18-37/h1-28H. The van der Waals surface area contributed by atoms with Crippen molar-refractivity contribution in [3.05, 3.63) is 198 Å². The van der Waals surface area contributed by atoms with Crippen LogP contribution in [-0.2, 0) is 5.41 Å². The fraction of sp³-hybridized carbons (Fsp3) is 0.0233. The lowest BCUT2D eigenvalue weighted by molar-refractivity contribution is 0.768. The molecule has 1 aromatic heterocycles. The Morgan fingerprint density at radius 2 is 0.889 bits per heavy atom. The second-order valence-corrected chi connectivity index (χ2v) is 11.5. The molecule has 0 saturated heterocycles. The van der Waals surface area contributed by atoms with Gasteiger partial charge in [0.1, 0.15) is 11.8 Å². The third-order valence-corrected chi connectivity index (χ3v) is 9.06. The first-order valence-electron chi connectivity index (χ1n) is 15.2. The van der Waals surface area contributed by atoms with Crippen molar-refractivity contribution in [1.29, 1.82) is 5.26 Å². The van der Waals surface area contributed by atoms with Gasteiger partial charge in [-0.05, 0) is 97.1 Å². The molecule has 2 nitrogen and oxygen atoms in total. The van der Waals surface area contributed by atoms with Gasteiger partial charge in [0.25, 0.3) is 0 Å². The minimum absolute atomic E-state index is 0.416. The van der Waals surface area contributed by atoms with Gasteiger partial charge in [-0.1, -0.05) is 133 Å². The summed E-state index contributed by atoms with van der Waals surface area (Å²) >= 11 is 0. The zero-order chi connectivity index (χ0) is 30.2. The van der Waals surface area contributed by atoms with Crippen molar-refractivity contribution >= 4 is 0 Å². The summed E-state index contributed by atoms with van der Waals surface area (Å²) < 4.78 is 0. The quantitative estimate of drug-likeness (QED) is 0.206. The maximum Gasteiger partial charge on any atom is 0.141 e. The average molecular weight is 573 g/mol. The van der Waals surface area contributed by atoms with E-state index in [1.165, 1.54) is 44.5 Å². The third kappa shape index (κ3) is 4.37. The largest absolute Gasteiger partial charge is 0.246 e. The van der Waals surface area contributed by atoms with Gasteiger partial charge in [0.2, 0.25) is 0 Å². The summed E-state index contributed by atoms with van der Waals surface area (Å²) in [5, 5.41) is 9.40. The first-order valence-corrected chi connectivity index (χ1v) is 15.2. The van der Waals surface area contributed by atoms with E-state index in [2.05, 4.69) is 163 Å². The topological polar surface area (TPSA) is 36.7 Å². The summed E-state index contributed by atoms with van der Waals surface area (Å²) in [6.45, 7) is 0. The van der Waals surface area contributed by atoms with E-state index in [1.807, 2.05) is 12.1 Å². The van der Waals surface area contributed by atoms with E-state index in [0.717, 1.165) is 22.3 Å². The molecule has 1 heterocycles. The molecule has 0 radical (unpaired) electrons. The summed E-state index contributed by atoms with van der Waals surface area (Å²) in [6.07, 6.45) is 1.70. The van der Waals surface area contributed by atoms with Crippen molar-refractivity contribution in [3.63, 3.8) is 0 Å². The van der Waals surface area contributed by atoms with Gasteiger partial charge in [0, 0.05) is 6.20 Å². The Bertz CT molecular complexity index is 2170. The predicted molar refractivity (Wildman–Crippen MR) is 183 cm³/mol. The van der Waals surface area contributed by atoms with Crippen LogP contribution in [0.25, 0.3) is 44.5 Å². The van der Waals surface area contributed by atoms with Gasteiger partial charge in [-0.2, -0.15) is 5.26 Å². The average Bonchev–Trinajstić information content (AvgIpc) is 3.42. The SMILES string of the molecule is N#Cc1cc(-c2cccc(-c3ccc4c(c3)-c3cc(-c5ccccc5)ccc3C4(c3ccccc3)c3ccccc3)c2)ccn1. The predicted octanol–water partition coefficient (Wildman–Crippen LogP) is 10.3. The molecule has 0 bridgehead atoms. The van der Waals surface area contributed by atoms with Gasteiger partial charge in [0.05, 0.1) is 5.41 Å². The van der Waals surface area contributed by atoms with Crippen LogP contribution in [0.2, 0.25) is 0 Å². The van der Waals surface area contributed by atoms with Gasteiger partial charge in [-0.25, -0.2) is 4.98 Å². The van der Waals surface area contributed by atoms with Gasteiger partial charge in [-0.15, -0.1) is 0 Å². The number of fused-ring (bicyclic) bond motifs is 3. The molecule has 7 aromatic rings. The van der Waals surface area contributed by atoms with E-state index in [1.54, 1.807) is 6.20 Å². The highest BCUT2D eigenvalue weighted by atomic mass is 14.7. The highest BCUT2D eigenvalue weighted by Gasteiger charge is 2.46. The lowest BCUT2D eigenvalue weighted by Crippen LogP contribution is -2.28. The number of rotatable bonds is 5. The zero-order valence-electron chi connectivity index (χ0n) is 24.6. The minimum Gasteiger partial charge on any atom is -0.246 e. The lowest BCUT2D eigenvalue weighted by Gasteiger charge is -2.34. The Morgan fingerprint density at radius 3 is 1.44 bits per heavy atom. The summed E-state index contributed by atoms with van der Waals surface area (Å²) in [4.78, 5) is 4.16. The van der Waals surface area contributed by atoms with Crippen LogP contribution in [0.1, 0.15) is 27.9 Å². The Balaban J connectivity index is 1.37. The summed E-state index contributed by atoms with van der Waals surface area (Å²) in [5.41, 5.74) is 14.3. The van der Waals surface area contributed by atoms with Crippen LogP contribution in [0.15, 0.2) is 170 Å². The van der Waals surface area contributed by atoms with Gasteiger partial charge in [-0.3, -0.25) is 0 Å². The number of nitriles is 1. The Labute approximate surface area is 263 Å². The van der Waals surface area contributed by atoms with E-state index in [0.29, 0.717) is 5.69 Å². The fourth-order valence-corrected chi connectivity index (χ4v) is 7.04. The van der Waals surface area contributed by atoms with Crippen molar-refractivity contribution in [1.82, 2.24) is 4.98 Å². The molecule has 0 spiro atoms. The number of hydrogen-bond donors (Lipinski definition) is 0. The van der Waals surface area contributed by atoms with Crippen LogP contribution in [0.3, 0.4) is 0 Å². The van der Waals surface area contributed by atoms with E-state index < -0.39 is 5.41 Å². The molecule has 1 aliphatic rings. The number of nitrogens with zero attached hydrogens (tertiary/aromatic N) is 2. The molecule has 0 saturated carbocycles. The van der Waals surface area contributed by atoms with Crippen molar-refractivity contribution in [2.24, 2.45) is 0 Å². The van der Waals surface area contributed by atoms with Gasteiger partial charge < -0.3 is 0 Å². The second kappa shape index (κ2) is 10.9. The van der Waals surface area contributed by atoms with Crippen LogP contribution in [0.4, 0.5) is 0 Å². The first kappa shape index (κ1) is 26.6. The number of aromatic nitrogens is 1. The van der Waals surface area contributed by atoms with Gasteiger partial charge >= 0.3 is 0 Å². The van der Waals surface area contributed by atoms with Crippen molar-refractivity contribution in [2.45, 2.75) is 5.41 Å². The van der Waals surface area contributed by atoms with E-state index in [4.69, 9.17) is 0 Å². The van der Waals surface area contributed by atoms with Gasteiger partial charge in [0.15, 0.2) is 0 Å². The summed E-state index contributed by atoms with van der Waals surface area (Å²) in [6, 6.07) is 60.9. The molecular formula is C43H28N2. The van der Waals surface area contributed by atoms with E-state index in [-0.39, 0.29) is 0 Å². The highest BCUT2D eigenvalue weighted by Crippen LogP contribution is 2.57. The molecule has 0 atom stereocenters. The zero-order valence-corrected chi connectivity index (χ0v) is 24.6. The van der Waals surface area contributed by atoms with Crippen LogP contribution < -0.4 is 0 Å². The number of pyridine rings is 1. The second-order valence-electron chi connectivity index (χ2n) is 11.5. The molecule has 1 aliphatic carbocycles. The van der Waals surface area contributed by atoms with Crippen molar-refractivity contribution in [3.8, 4) is 50.6 Å². The number of hydrogen-bond acceptors (Lipinski definition) is 2. The Morgan fingerprint density at radius 1 is 0.422 bits per heavy atom. The molecule has 0 unspecified atom stereocenters. The molecular weight excluding hydrogens is 544 g/mol. The number of benzene rings is 6. The summed E-state index contributed by atoms with van der Waals surface area (Å²) in [7, 11) is 0. The molecule has 8 rings (SSSR count). The fourth-order valence-electron chi connectivity index (χ4n) is 7.04. The molecule has 6 aromatic carbocycles. The third-order valence-electron chi connectivity index (χ3n) is 9.06. The monoisotopic (exact) mass is 572 g/mol. The normalized spacial score (nSPS) is 12.6. The van der Waals surface area contributed by atoms with Crippen LogP contribution in [-0.4, -0.2) is 4.98 Å². The molecule has 0 N–H and O–H groups in total. The minimum atomic E-state index is -0.451. The van der Waals surface area contributed by atoms with E-state index in [9.17, 15) is 5.26 Å². The molecule has 0 amide bonds. The van der Waals surface area contributed by atoms with Crippen LogP contribution in [0.5, 0.6) is 0 Å².